The van der Waals surface area contributed by atoms with Gasteiger partial charge in [0.05, 0.1) is 5.92 Å². The Morgan fingerprint density at radius 3 is 2.50 bits per heavy atom. The van der Waals surface area contributed by atoms with Crippen molar-refractivity contribution in [3.8, 4) is 0 Å². The minimum absolute atomic E-state index is 0.0248. The van der Waals surface area contributed by atoms with Crippen LogP contribution in [0.4, 0.5) is 0 Å². The van der Waals surface area contributed by atoms with E-state index in [0.29, 0.717) is 6.42 Å². The molecule has 0 saturated heterocycles. The molecule has 0 aromatic carbocycles. The molecule has 0 heterocycles. The van der Waals surface area contributed by atoms with Crippen molar-refractivity contribution in [2.45, 2.75) is 6.42 Å². The van der Waals surface area contributed by atoms with Crippen LogP contribution < -0.4 is 0 Å². The van der Waals surface area contributed by atoms with Gasteiger partial charge in [0, 0.05) is 6.61 Å². The highest BCUT2D eigenvalue weighted by atomic mass is 16.4. The van der Waals surface area contributed by atoms with Gasteiger partial charge in [0.1, 0.15) is 0 Å². The van der Waals surface area contributed by atoms with Gasteiger partial charge >= 0.3 is 5.97 Å². The Morgan fingerprint density at radius 1 is 1.75 bits per heavy atom. The molecule has 8 heavy (non-hydrogen) atoms. The molecule has 1 rings (SSSR count). The van der Waals surface area contributed by atoms with Crippen LogP contribution in [0, 0.1) is 11.8 Å². The molecule has 0 aromatic heterocycles. The number of rotatable bonds is 2. The van der Waals surface area contributed by atoms with Gasteiger partial charge in [-0.15, -0.1) is 0 Å². The number of hydrogen-bond donors (Lipinski definition) is 2. The van der Waals surface area contributed by atoms with E-state index in [9.17, 15) is 4.79 Å². The van der Waals surface area contributed by atoms with Gasteiger partial charge < -0.3 is 10.2 Å². The number of carboxylic acid groups (broad SMARTS) is 1. The molecule has 0 unspecified atom stereocenters. The summed E-state index contributed by atoms with van der Waals surface area (Å²) in [4.78, 5) is 10.0. The Kier molecular flexibility index (Phi) is 1.21. The number of aliphatic hydroxyl groups excluding tert-OH is 1. The van der Waals surface area contributed by atoms with E-state index >= 15 is 0 Å². The third kappa shape index (κ3) is 0.816. The fraction of sp³-hybridized carbons (Fsp3) is 0.800. The molecule has 2 N–H and O–H groups in total. The molecule has 0 aromatic rings. The molecule has 1 aliphatic carbocycles. The first-order valence-corrected chi connectivity index (χ1v) is 2.59. The van der Waals surface area contributed by atoms with E-state index in [4.69, 9.17) is 10.2 Å². The largest absolute Gasteiger partial charge is 0.481 e. The fourth-order valence-corrected chi connectivity index (χ4v) is 0.752. The highest BCUT2D eigenvalue weighted by Crippen LogP contribution is 2.37. The van der Waals surface area contributed by atoms with Crippen LogP contribution in [0.2, 0.25) is 0 Å². The minimum atomic E-state index is -0.774. The van der Waals surface area contributed by atoms with E-state index in [-0.39, 0.29) is 18.4 Å². The van der Waals surface area contributed by atoms with E-state index in [1.54, 1.807) is 0 Å². The van der Waals surface area contributed by atoms with E-state index < -0.39 is 5.97 Å². The van der Waals surface area contributed by atoms with Crippen LogP contribution in [0.1, 0.15) is 6.42 Å². The van der Waals surface area contributed by atoms with Crippen LogP contribution in [0.5, 0.6) is 0 Å². The zero-order chi connectivity index (χ0) is 6.15. The Morgan fingerprint density at radius 2 is 2.38 bits per heavy atom. The van der Waals surface area contributed by atoms with Crippen molar-refractivity contribution in [2.75, 3.05) is 6.61 Å². The second-order valence-electron chi connectivity index (χ2n) is 2.12. The smallest absolute Gasteiger partial charge is 0.306 e. The summed E-state index contributed by atoms with van der Waals surface area (Å²) in [6.45, 7) is 0.0248. The second kappa shape index (κ2) is 1.74. The van der Waals surface area contributed by atoms with E-state index in [1.807, 2.05) is 0 Å². The van der Waals surface area contributed by atoms with Crippen LogP contribution in [-0.4, -0.2) is 22.8 Å². The molecular formula is C5H8O3. The third-order valence-corrected chi connectivity index (χ3v) is 1.47. The quantitative estimate of drug-likeness (QED) is 0.520. The lowest BCUT2D eigenvalue weighted by Crippen LogP contribution is -2.00. The van der Waals surface area contributed by atoms with Gasteiger partial charge in [0.2, 0.25) is 0 Å². The number of aliphatic hydroxyl groups is 1. The number of hydrogen-bond acceptors (Lipinski definition) is 2. The van der Waals surface area contributed by atoms with Crippen molar-refractivity contribution >= 4 is 5.97 Å². The molecule has 1 saturated carbocycles. The molecule has 0 radical (unpaired) electrons. The van der Waals surface area contributed by atoms with Gasteiger partial charge in [0.25, 0.3) is 0 Å². The topological polar surface area (TPSA) is 57.5 Å². The Hall–Kier alpha value is -0.570. The molecule has 1 aliphatic rings. The van der Waals surface area contributed by atoms with Crippen LogP contribution >= 0.6 is 0 Å². The number of aliphatic carboxylic acids is 1. The molecule has 0 amide bonds. The van der Waals surface area contributed by atoms with Gasteiger partial charge in [0.15, 0.2) is 0 Å². The van der Waals surface area contributed by atoms with Gasteiger partial charge in [-0.2, -0.15) is 0 Å². The van der Waals surface area contributed by atoms with Crippen molar-refractivity contribution in [3.05, 3.63) is 0 Å². The SMILES string of the molecule is O=C(O)[C@@H]1C[C@@H]1CO. The maximum atomic E-state index is 10.0. The van der Waals surface area contributed by atoms with Crippen molar-refractivity contribution < 1.29 is 15.0 Å². The first-order chi connectivity index (χ1) is 3.75. The molecule has 0 aliphatic heterocycles. The Labute approximate surface area is 46.9 Å². The highest BCUT2D eigenvalue weighted by Gasteiger charge is 2.42. The lowest BCUT2D eigenvalue weighted by Gasteiger charge is -1.84. The normalized spacial score (nSPS) is 34.6. The Balaban J connectivity index is 2.26. The van der Waals surface area contributed by atoms with E-state index in [1.165, 1.54) is 0 Å². The summed E-state index contributed by atoms with van der Waals surface area (Å²) in [5, 5.41) is 16.6. The lowest BCUT2D eigenvalue weighted by molar-refractivity contribution is -0.139. The van der Waals surface area contributed by atoms with Gasteiger partial charge in [-0.05, 0) is 12.3 Å². The summed E-state index contributed by atoms with van der Waals surface area (Å²) in [5.41, 5.74) is 0. The highest BCUT2D eigenvalue weighted by molar-refractivity contribution is 5.73. The van der Waals surface area contributed by atoms with Crippen LogP contribution in [0.15, 0.2) is 0 Å². The molecular weight excluding hydrogens is 108 g/mol. The first-order valence-electron chi connectivity index (χ1n) is 2.59. The summed E-state index contributed by atoms with van der Waals surface area (Å²) in [6.07, 6.45) is 0.659. The minimum Gasteiger partial charge on any atom is -0.481 e. The molecule has 3 heteroatoms. The fourth-order valence-electron chi connectivity index (χ4n) is 0.752. The zero-order valence-corrected chi connectivity index (χ0v) is 4.37. The lowest BCUT2D eigenvalue weighted by atomic mass is 10.3. The molecule has 2 atom stereocenters. The monoisotopic (exact) mass is 116 g/mol. The van der Waals surface area contributed by atoms with Crippen molar-refractivity contribution in [2.24, 2.45) is 11.8 Å². The second-order valence-corrected chi connectivity index (χ2v) is 2.12. The maximum Gasteiger partial charge on any atom is 0.306 e. The summed E-state index contributed by atoms with van der Waals surface area (Å²) in [5.74, 6) is -0.975. The maximum absolute atomic E-state index is 10.0. The molecule has 46 valence electrons. The molecule has 1 fully saturated rings. The summed E-state index contributed by atoms with van der Waals surface area (Å²) < 4.78 is 0. The van der Waals surface area contributed by atoms with E-state index in [2.05, 4.69) is 0 Å². The van der Waals surface area contributed by atoms with Crippen LogP contribution in [-0.2, 0) is 4.79 Å². The third-order valence-electron chi connectivity index (χ3n) is 1.47. The predicted octanol–water partition coefficient (Wildman–Crippen LogP) is -0.301. The predicted molar refractivity (Wildman–Crippen MR) is 26.3 cm³/mol. The molecule has 0 spiro atoms. The average Bonchev–Trinajstić information content (AvgIpc) is 2.42. The van der Waals surface area contributed by atoms with Gasteiger partial charge in [-0.25, -0.2) is 0 Å². The van der Waals surface area contributed by atoms with Gasteiger partial charge in [-0.3, -0.25) is 4.79 Å². The standard InChI is InChI=1S/C5H8O3/c6-2-3-1-4(3)5(7)8/h3-4,6H,1-2H2,(H,7,8)/t3-,4-/m1/s1. The Bertz CT molecular complexity index is 110. The molecule has 3 nitrogen and oxygen atoms in total. The van der Waals surface area contributed by atoms with E-state index in [0.717, 1.165) is 0 Å². The summed E-state index contributed by atoms with van der Waals surface area (Å²) in [6, 6.07) is 0. The van der Waals surface area contributed by atoms with Crippen molar-refractivity contribution in [1.82, 2.24) is 0 Å². The van der Waals surface area contributed by atoms with Crippen LogP contribution in [0.3, 0.4) is 0 Å². The first kappa shape index (κ1) is 5.56. The van der Waals surface area contributed by atoms with Gasteiger partial charge in [-0.1, -0.05) is 0 Å². The summed E-state index contributed by atoms with van der Waals surface area (Å²) in [7, 11) is 0. The molecule has 0 bridgehead atoms. The van der Waals surface area contributed by atoms with Crippen molar-refractivity contribution in [3.63, 3.8) is 0 Å². The summed E-state index contributed by atoms with van der Waals surface area (Å²) >= 11 is 0. The van der Waals surface area contributed by atoms with Crippen molar-refractivity contribution in [1.29, 1.82) is 0 Å². The number of carbonyl (C=O) groups is 1. The average molecular weight is 116 g/mol. The zero-order valence-electron chi connectivity index (χ0n) is 4.37. The van der Waals surface area contributed by atoms with Crippen LogP contribution in [0.25, 0.3) is 0 Å². The number of carboxylic acids is 1.